The molecule has 0 saturated carbocycles. The standard InChI is InChI=1S/C16H28N2O2/c1-4-18(14-8-6-5-7-9-14)15(19)10-17-11-16(20,12-17)13(2)3/h8,13,20H,4-7,9-12H2,1-3H3. The first-order chi connectivity index (χ1) is 9.46. The second-order valence-corrected chi connectivity index (χ2v) is 6.48. The number of hydrogen-bond donors (Lipinski definition) is 1. The van der Waals surface area contributed by atoms with Crippen LogP contribution < -0.4 is 0 Å². The fourth-order valence-electron chi connectivity index (χ4n) is 3.09. The van der Waals surface area contributed by atoms with Crippen molar-refractivity contribution in [2.45, 2.75) is 52.1 Å². The SMILES string of the molecule is CCN(C(=O)CN1CC(O)(C(C)C)C1)C1=CCCCC1. The zero-order valence-electron chi connectivity index (χ0n) is 13.1. The van der Waals surface area contributed by atoms with Crippen LogP contribution in [0.15, 0.2) is 11.8 Å². The number of allylic oxidation sites excluding steroid dienone is 2. The minimum absolute atomic E-state index is 0.173. The summed E-state index contributed by atoms with van der Waals surface area (Å²) in [4.78, 5) is 16.4. The third-order valence-electron chi connectivity index (χ3n) is 4.66. The predicted octanol–water partition coefficient (Wildman–Crippen LogP) is 2.00. The van der Waals surface area contributed by atoms with E-state index >= 15 is 0 Å². The van der Waals surface area contributed by atoms with E-state index in [2.05, 4.69) is 6.08 Å². The summed E-state index contributed by atoms with van der Waals surface area (Å²) in [7, 11) is 0. The van der Waals surface area contributed by atoms with Crippen LogP contribution in [0.5, 0.6) is 0 Å². The summed E-state index contributed by atoms with van der Waals surface area (Å²) in [5.41, 5.74) is 0.602. The zero-order valence-corrected chi connectivity index (χ0v) is 13.1. The van der Waals surface area contributed by atoms with Crippen molar-refractivity contribution in [1.29, 1.82) is 0 Å². The van der Waals surface area contributed by atoms with Gasteiger partial charge in [-0.3, -0.25) is 9.69 Å². The normalized spacial score (nSPS) is 22.4. The van der Waals surface area contributed by atoms with Gasteiger partial charge in [0.15, 0.2) is 0 Å². The lowest BCUT2D eigenvalue weighted by atomic mass is 9.83. The molecule has 1 aliphatic carbocycles. The second-order valence-electron chi connectivity index (χ2n) is 6.48. The highest BCUT2D eigenvalue weighted by Crippen LogP contribution is 2.28. The Bertz CT molecular complexity index is 384. The van der Waals surface area contributed by atoms with Crippen LogP contribution in [0.1, 0.15) is 46.5 Å². The molecule has 1 aliphatic heterocycles. The van der Waals surface area contributed by atoms with Crippen LogP contribution in [-0.2, 0) is 4.79 Å². The molecule has 0 unspecified atom stereocenters. The molecule has 2 aliphatic rings. The van der Waals surface area contributed by atoms with E-state index in [1.54, 1.807) is 0 Å². The summed E-state index contributed by atoms with van der Waals surface area (Å²) in [6.07, 6.45) is 6.76. The molecule has 4 heteroatoms. The lowest BCUT2D eigenvalue weighted by Crippen LogP contribution is -2.65. The number of aliphatic hydroxyl groups is 1. The largest absolute Gasteiger partial charge is 0.387 e. The van der Waals surface area contributed by atoms with Gasteiger partial charge in [0.05, 0.1) is 12.1 Å². The molecule has 1 N–H and O–H groups in total. The summed E-state index contributed by atoms with van der Waals surface area (Å²) in [5.74, 6) is 0.420. The topological polar surface area (TPSA) is 43.8 Å². The van der Waals surface area contributed by atoms with E-state index < -0.39 is 5.60 Å². The highest BCUT2D eigenvalue weighted by molar-refractivity contribution is 5.80. The highest BCUT2D eigenvalue weighted by Gasteiger charge is 2.44. The minimum Gasteiger partial charge on any atom is -0.387 e. The Balaban J connectivity index is 1.87. The van der Waals surface area contributed by atoms with Gasteiger partial charge < -0.3 is 10.0 Å². The average molecular weight is 280 g/mol. The number of likely N-dealkylation sites (tertiary alicyclic amines) is 1. The van der Waals surface area contributed by atoms with Gasteiger partial charge in [-0.25, -0.2) is 0 Å². The Hall–Kier alpha value is -0.870. The van der Waals surface area contributed by atoms with Crippen LogP contribution in [0, 0.1) is 5.92 Å². The lowest BCUT2D eigenvalue weighted by Gasteiger charge is -2.49. The summed E-state index contributed by atoms with van der Waals surface area (Å²) in [6.45, 7) is 8.51. The molecule has 1 saturated heterocycles. The minimum atomic E-state index is -0.596. The van der Waals surface area contributed by atoms with Gasteiger partial charge in [-0.05, 0) is 38.5 Å². The molecule has 1 heterocycles. The monoisotopic (exact) mass is 280 g/mol. The van der Waals surface area contributed by atoms with Gasteiger partial charge in [0, 0.05) is 25.3 Å². The maximum Gasteiger partial charge on any atom is 0.240 e. The van der Waals surface area contributed by atoms with E-state index in [4.69, 9.17) is 0 Å². The molecule has 0 bridgehead atoms. The van der Waals surface area contributed by atoms with Crippen molar-refractivity contribution in [1.82, 2.24) is 9.80 Å². The van der Waals surface area contributed by atoms with Crippen molar-refractivity contribution >= 4 is 5.91 Å². The van der Waals surface area contributed by atoms with Gasteiger partial charge in [0.2, 0.25) is 5.91 Å². The molecule has 0 radical (unpaired) electrons. The van der Waals surface area contributed by atoms with Gasteiger partial charge in [-0.2, -0.15) is 0 Å². The third kappa shape index (κ3) is 3.23. The fourth-order valence-corrected chi connectivity index (χ4v) is 3.09. The molecule has 0 atom stereocenters. The number of rotatable bonds is 5. The zero-order chi connectivity index (χ0) is 14.8. The number of nitrogens with zero attached hydrogens (tertiary/aromatic N) is 2. The van der Waals surface area contributed by atoms with Gasteiger partial charge >= 0.3 is 0 Å². The summed E-state index contributed by atoms with van der Waals surface area (Å²) < 4.78 is 0. The van der Waals surface area contributed by atoms with E-state index in [0.29, 0.717) is 19.6 Å². The molecule has 0 spiro atoms. The predicted molar refractivity (Wildman–Crippen MR) is 80.2 cm³/mol. The summed E-state index contributed by atoms with van der Waals surface area (Å²) >= 11 is 0. The van der Waals surface area contributed by atoms with Crippen molar-refractivity contribution in [2.24, 2.45) is 5.92 Å². The van der Waals surface area contributed by atoms with E-state index in [1.807, 2.05) is 30.6 Å². The van der Waals surface area contributed by atoms with Crippen molar-refractivity contribution in [2.75, 3.05) is 26.2 Å². The van der Waals surface area contributed by atoms with Gasteiger partial charge in [-0.15, -0.1) is 0 Å². The smallest absolute Gasteiger partial charge is 0.240 e. The molecule has 0 aromatic heterocycles. The third-order valence-corrected chi connectivity index (χ3v) is 4.66. The molecular weight excluding hydrogens is 252 g/mol. The molecule has 1 amide bonds. The van der Waals surface area contributed by atoms with Crippen LogP contribution >= 0.6 is 0 Å². The van der Waals surface area contributed by atoms with E-state index in [9.17, 15) is 9.90 Å². The number of β-amino-alcohol motifs (C(OH)–C–C–N with tert-alkyl or cyclic N) is 1. The molecule has 20 heavy (non-hydrogen) atoms. The lowest BCUT2D eigenvalue weighted by molar-refractivity contribution is -0.147. The van der Waals surface area contributed by atoms with Crippen molar-refractivity contribution in [3.63, 3.8) is 0 Å². The van der Waals surface area contributed by atoms with Crippen LogP contribution in [0.25, 0.3) is 0 Å². The number of carbonyl (C=O) groups excluding carboxylic acids is 1. The Morgan fingerprint density at radius 2 is 2.15 bits per heavy atom. The first kappa shape index (κ1) is 15.5. The van der Waals surface area contributed by atoms with Gasteiger partial charge in [0.1, 0.15) is 0 Å². The Morgan fingerprint density at radius 3 is 2.65 bits per heavy atom. The molecule has 114 valence electrons. The van der Waals surface area contributed by atoms with Gasteiger partial charge in [-0.1, -0.05) is 19.9 Å². The Labute approximate surface area is 122 Å². The molecular formula is C16H28N2O2. The second kappa shape index (κ2) is 6.27. The quantitative estimate of drug-likeness (QED) is 0.837. The summed E-state index contributed by atoms with van der Waals surface area (Å²) in [6, 6.07) is 0. The molecule has 2 rings (SSSR count). The van der Waals surface area contributed by atoms with E-state index in [1.165, 1.54) is 18.5 Å². The highest BCUT2D eigenvalue weighted by atomic mass is 16.3. The molecule has 4 nitrogen and oxygen atoms in total. The number of carbonyl (C=O) groups is 1. The van der Waals surface area contributed by atoms with Crippen molar-refractivity contribution < 1.29 is 9.90 Å². The molecule has 1 fully saturated rings. The van der Waals surface area contributed by atoms with Crippen LogP contribution in [0.2, 0.25) is 0 Å². The first-order valence-corrected chi connectivity index (χ1v) is 7.90. The van der Waals surface area contributed by atoms with Crippen molar-refractivity contribution in [3.8, 4) is 0 Å². The molecule has 0 aromatic carbocycles. The summed E-state index contributed by atoms with van der Waals surface area (Å²) in [5, 5.41) is 10.2. The van der Waals surface area contributed by atoms with Crippen molar-refractivity contribution in [3.05, 3.63) is 11.8 Å². The molecule has 0 aromatic rings. The Kier molecular flexibility index (Phi) is 4.86. The van der Waals surface area contributed by atoms with Crippen LogP contribution in [0.3, 0.4) is 0 Å². The number of amides is 1. The average Bonchev–Trinajstić information content (AvgIpc) is 2.38. The maximum atomic E-state index is 12.4. The number of likely N-dealkylation sites (N-methyl/N-ethyl adjacent to an activating group) is 1. The number of hydrogen-bond acceptors (Lipinski definition) is 3. The first-order valence-electron chi connectivity index (χ1n) is 7.90. The Morgan fingerprint density at radius 1 is 1.45 bits per heavy atom. The maximum absolute atomic E-state index is 12.4. The van der Waals surface area contributed by atoms with E-state index in [-0.39, 0.29) is 11.8 Å². The van der Waals surface area contributed by atoms with Gasteiger partial charge in [0.25, 0.3) is 0 Å². The fraction of sp³-hybridized carbons (Fsp3) is 0.812. The van der Waals surface area contributed by atoms with Crippen LogP contribution in [-0.4, -0.2) is 52.6 Å². The van der Waals surface area contributed by atoms with Crippen LogP contribution in [0.4, 0.5) is 0 Å². The van der Waals surface area contributed by atoms with E-state index in [0.717, 1.165) is 19.4 Å².